The molecule has 1 aromatic heterocycles. The molecule has 0 aliphatic rings. The van der Waals surface area contributed by atoms with Crippen molar-refractivity contribution in [2.45, 2.75) is 25.9 Å². The van der Waals surface area contributed by atoms with Gasteiger partial charge in [0, 0.05) is 6.54 Å². The second kappa shape index (κ2) is 5.39. The van der Waals surface area contributed by atoms with E-state index in [1.807, 2.05) is 6.92 Å². The molecule has 14 heavy (non-hydrogen) atoms. The molecular formula is C9H15N3O2. The molecule has 1 aromatic rings. The summed E-state index contributed by atoms with van der Waals surface area (Å²) in [7, 11) is 0. The van der Waals surface area contributed by atoms with Crippen LogP contribution in [0.5, 0.6) is 0 Å². The van der Waals surface area contributed by atoms with Crippen molar-refractivity contribution in [1.82, 2.24) is 15.3 Å². The van der Waals surface area contributed by atoms with Crippen LogP contribution in [0, 0.1) is 0 Å². The predicted octanol–water partition coefficient (Wildman–Crippen LogP) is 0.300. The number of nitrogens with one attached hydrogen (secondary N) is 2. The Hall–Kier alpha value is -1.36. The number of H-pyrrole nitrogens is 1. The molecule has 0 saturated carbocycles. The highest BCUT2D eigenvalue weighted by Gasteiger charge is 2.06. The number of rotatable bonds is 5. The van der Waals surface area contributed by atoms with Gasteiger partial charge in [-0.2, -0.15) is 0 Å². The van der Waals surface area contributed by atoms with Crippen LogP contribution in [0.4, 0.5) is 0 Å². The van der Waals surface area contributed by atoms with Crippen molar-refractivity contribution in [3.05, 3.63) is 18.2 Å². The Morgan fingerprint density at radius 1 is 1.79 bits per heavy atom. The lowest BCUT2D eigenvalue weighted by molar-refractivity contribution is 0.0937. The summed E-state index contributed by atoms with van der Waals surface area (Å²) in [5, 5.41) is 11.9. The smallest absolute Gasteiger partial charge is 0.269 e. The Labute approximate surface area is 82.6 Å². The van der Waals surface area contributed by atoms with E-state index >= 15 is 0 Å². The van der Waals surface area contributed by atoms with Crippen molar-refractivity contribution >= 4 is 5.91 Å². The van der Waals surface area contributed by atoms with Gasteiger partial charge in [-0.25, -0.2) is 4.98 Å². The van der Waals surface area contributed by atoms with Crippen LogP contribution in [-0.2, 0) is 0 Å². The third-order valence-corrected chi connectivity index (χ3v) is 1.98. The van der Waals surface area contributed by atoms with E-state index in [1.54, 1.807) is 0 Å². The minimum atomic E-state index is -0.336. The van der Waals surface area contributed by atoms with Crippen LogP contribution in [0.2, 0.25) is 0 Å². The summed E-state index contributed by atoms with van der Waals surface area (Å²) in [6.45, 7) is 2.38. The van der Waals surface area contributed by atoms with Crippen LogP contribution in [0.1, 0.15) is 30.3 Å². The zero-order chi connectivity index (χ0) is 10.4. The molecule has 3 N–H and O–H groups in total. The zero-order valence-corrected chi connectivity index (χ0v) is 8.16. The Balaban J connectivity index is 2.23. The molecule has 1 rings (SSSR count). The summed E-state index contributed by atoms with van der Waals surface area (Å²) in [4.78, 5) is 17.8. The van der Waals surface area contributed by atoms with Crippen molar-refractivity contribution in [2.75, 3.05) is 6.54 Å². The number of hydrogen-bond acceptors (Lipinski definition) is 3. The van der Waals surface area contributed by atoms with Crippen molar-refractivity contribution in [3.63, 3.8) is 0 Å². The van der Waals surface area contributed by atoms with Crippen LogP contribution in [0.25, 0.3) is 0 Å². The molecular weight excluding hydrogens is 182 g/mol. The topological polar surface area (TPSA) is 78.0 Å². The molecule has 0 aliphatic carbocycles. The van der Waals surface area contributed by atoms with E-state index in [9.17, 15) is 9.90 Å². The monoisotopic (exact) mass is 197 g/mol. The van der Waals surface area contributed by atoms with Crippen molar-refractivity contribution in [1.29, 1.82) is 0 Å². The number of aliphatic hydroxyl groups is 1. The molecule has 1 unspecified atom stereocenters. The van der Waals surface area contributed by atoms with Gasteiger partial charge >= 0.3 is 0 Å². The third-order valence-electron chi connectivity index (χ3n) is 1.98. The molecule has 0 spiro atoms. The standard InChI is InChI=1S/C9H15N3O2/c1-2-7(13)3-4-11-9(14)8-5-10-6-12-8/h5-7,13H,2-4H2,1H3,(H,10,12)(H,11,14). The lowest BCUT2D eigenvalue weighted by atomic mass is 10.2. The summed E-state index contributed by atoms with van der Waals surface area (Å²) in [5.74, 6) is -0.189. The van der Waals surface area contributed by atoms with Gasteiger partial charge in [0.05, 0.1) is 18.6 Å². The van der Waals surface area contributed by atoms with Gasteiger partial charge in [0.25, 0.3) is 5.91 Å². The van der Waals surface area contributed by atoms with Gasteiger partial charge in [0.15, 0.2) is 0 Å². The first-order valence-electron chi connectivity index (χ1n) is 4.68. The maximum Gasteiger partial charge on any atom is 0.269 e. The SMILES string of the molecule is CCC(O)CCNC(=O)c1cnc[nH]1. The molecule has 0 bridgehead atoms. The summed E-state index contributed by atoms with van der Waals surface area (Å²) >= 11 is 0. The Bertz CT molecular complexity index is 272. The number of carbonyl (C=O) groups excluding carboxylic acids is 1. The van der Waals surface area contributed by atoms with Crippen LogP contribution >= 0.6 is 0 Å². The van der Waals surface area contributed by atoms with Gasteiger partial charge in [-0.1, -0.05) is 6.92 Å². The lowest BCUT2D eigenvalue weighted by Crippen LogP contribution is -2.27. The summed E-state index contributed by atoms with van der Waals surface area (Å²) < 4.78 is 0. The number of hydrogen-bond donors (Lipinski definition) is 3. The van der Waals surface area contributed by atoms with E-state index in [0.29, 0.717) is 25.1 Å². The zero-order valence-electron chi connectivity index (χ0n) is 8.16. The van der Waals surface area contributed by atoms with E-state index in [-0.39, 0.29) is 12.0 Å². The van der Waals surface area contributed by atoms with Gasteiger partial charge in [0.1, 0.15) is 5.69 Å². The summed E-state index contributed by atoms with van der Waals surface area (Å²) in [6.07, 6.45) is 3.87. The fourth-order valence-electron chi connectivity index (χ4n) is 1.03. The van der Waals surface area contributed by atoms with E-state index in [1.165, 1.54) is 12.5 Å². The molecule has 0 radical (unpaired) electrons. The van der Waals surface area contributed by atoms with Crippen LogP contribution in [0.15, 0.2) is 12.5 Å². The van der Waals surface area contributed by atoms with Crippen LogP contribution in [-0.4, -0.2) is 33.6 Å². The van der Waals surface area contributed by atoms with Gasteiger partial charge in [-0.15, -0.1) is 0 Å². The molecule has 0 fully saturated rings. The number of aliphatic hydroxyl groups excluding tert-OH is 1. The van der Waals surface area contributed by atoms with Gasteiger partial charge < -0.3 is 15.4 Å². The molecule has 78 valence electrons. The van der Waals surface area contributed by atoms with Gasteiger partial charge in [-0.3, -0.25) is 4.79 Å². The molecule has 5 heteroatoms. The maximum absolute atomic E-state index is 11.3. The van der Waals surface area contributed by atoms with Gasteiger partial charge in [0.2, 0.25) is 0 Å². The highest BCUT2D eigenvalue weighted by Crippen LogP contribution is 1.95. The van der Waals surface area contributed by atoms with E-state index < -0.39 is 0 Å². The maximum atomic E-state index is 11.3. The average Bonchev–Trinajstić information content (AvgIpc) is 2.70. The Morgan fingerprint density at radius 3 is 3.14 bits per heavy atom. The third kappa shape index (κ3) is 3.18. The summed E-state index contributed by atoms with van der Waals surface area (Å²) in [6, 6.07) is 0. The first-order chi connectivity index (χ1) is 6.74. The molecule has 1 atom stereocenters. The normalized spacial score (nSPS) is 12.4. The predicted molar refractivity (Wildman–Crippen MR) is 51.8 cm³/mol. The largest absolute Gasteiger partial charge is 0.393 e. The quantitative estimate of drug-likeness (QED) is 0.635. The molecule has 1 heterocycles. The first-order valence-corrected chi connectivity index (χ1v) is 4.68. The first kappa shape index (κ1) is 10.7. The van der Waals surface area contributed by atoms with Crippen LogP contribution < -0.4 is 5.32 Å². The minimum absolute atomic E-state index is 0.189. The number of aromatic nitrogens is 2. The second-order valence-electron chi connectivity index (χ2n) is 3.07. The fraction of sp³-hybridized carbons (Fsp3) is 0.556. The van der Waals surface area contributed by atoms with Crippen molar-refractivity contribution < 1.29 is 9.90 Å². The van der Waals surface area contributed by atoms with E-state index in [2.05, 4.69) is 15.3 Å². The molecule has 1 amide bonds. The second-order valence-corrected chi connectivity index (χ2v) is 3.07. The lowest BCUT2D eigenvalue weighted by Gasteiger charge is -2.07. The number of aromatic amines is 1. The van der Waals surface area contributed by atoms with Crippen molar-refractivity contribution in [2.24, 2.45) is 0 Å². The molecule has 5 nitrogen and oxygen atoms in total. The van der Waals surface area contributed by atoms with Gasteiger partial charge in [-0.05, 0) is 12.8 Å². The number of imidazole rings is 1. The van der Waals surface area contributed by atoms with Crippen LogP contribution in [0.3, 0.4) is 0 Å². The number of nitrogens with zero attached hydrogens (tertiary/aromatic N) is 1. The Kier molecular flexibility index (Phi) is 4.12. The van der Waals surface area contributed by atoms with E-state index in [0.717, 1.165) is 0 Å². The number of amides is 1. The highest BCUT2D eigenvalue weighted by atomic mass is 16.3. The Morgan fingerprint density at radius 2 is 2.57 bits per heavy atom. The molecule has 0 aromatic carbocycles. The van der Waals surface area contributed by atoms with Crippen molar-refractivity contribution in [3.8, 4) is 0 Å². The fourth-order valence-corrected chi connectivity index (χ4v) is 1.03. The highest BCUT2D eigenvalue weighted by molar-refractivity contribution is 5.91. The average molecular weight is 197 g/mol. The number of carbonyl (C=O) groups is 1. The molecule has 0 aliphatic heterocycles. The molecule has 0 saturated heterocycles. The van der Waals surface area contributed by atoms with E-state index in [4.69, 9.17) is 0 Å². The minimum Gasteiger partial charge on any atom is -0.393 e. The summed E-state index contributed by atoms with van der Waals surface area (Å²) in [5.41, 5.74) is 0.441.